The van der Waals surface area contributed by atoms with Gasteiger partial charge in [0.25, 0.3) is 0 Å². The van der Waals surface area contributed by atoms with E-state index in [-0.39, 0.29) is 6.04 Å². The lowest BCUT2D eigenvalue weighted by Gasteiger charge is -2.32. The van der Waals surface area contributed by atoms with Gasteiger partial charge in [0.15, 0.2) is 9.84 Å². The minimum atomic E-state index is -3.11. The van der Waals surface area contributed by atoms with Crippen LogP contribution in [-0.2, 0) is 9.84 Å². The van der Waals surface area contributed by atoms with E-state index in [1.165, 1.54) is 12.7 Å². The molecule has 0 saturated heterocycles. The van der Waals surface area contributed by atoms with Crippen LogP contribution < -0.4 is 5.73 Å². The molecule has 0 radical (unpaired) electrons. The van der Waals surface area contributed by atoms with Crippen molar-refractivity contribution in [2.45, 2.75) is 47.3 Å². The van der Waals surface area contributed by atoms with Crippen molar-refractivity contribution >= 4 is 21.6 Å². The highest BCUT2D eigenvalue weighted by Gasteiger charge is 2.26. The predicted octanol–water partition coefficient (Wildman–Crippen LogP) is 2.70. The molecule has 19 heavy (non-hydrogen) atoms. The van der Waals surface area contributed by atoms with Crippen LogP contribution in [0.2, 0.25) is 0 Å². The lowest BCUT2D eigenvalue weighted by atomic mass is 9.87. The maximum atomic E-state index is 11.4. The maximum Gasteiger partial charge on any atom is 0.175 e. The van der Waals surface area contributed by atoms with E-state index in [4.69, 9.17) is 5.73 Å². The van der Waals surface area contributed by atoms with Gasteiger partial charge in [-0.3, -0.25) is 0 Å². The number of thioether (sulfide) groups is 1. The van der Waals surface area contributed by atoms with Gasteiger partial charge >= 0.3 is 0 Å². The molecule has 1 aromatic rings. The second-order valence-electron chi connectivity index (χ2n) is 5.48. The summed E-state index contributed by atoms with van der Waals surface area (Å²) >= 11 is 1.78. The number of hydrogen-bond acceptors (Lipinski definition) is 4. The summed E-state index contributed by atoms with van der Waals surface area (Å²) in [5, 5.41) is 0.438. The molecule has 0 bridgehead atoms. The standard InChI is InChI=1S/C14H21NO2S2/c1-10-3-8-13(15)14(9-10)18-11-4-6-12(7-5-11)19(2,16)17/h4-7,10,13-14H,3,8-9,15H2,1-2H3. The maximum absolute atomic E-state index is 11.4. The summed E-state index contributed by atoms with van der Waals surface area (Å²) in [4.78, 5) is 1.47. The van der Waals surface area contributed by atoms with E-state index >= 15 is 0 Å². The van der Waals surface area contributed by atoms with Crippen LogP contribution in [0.1, 0.15) is 26.2 Å². The second-order valence-corrected chi connectivity index (χ2v) is 8.81. The topological polar surface area (TPSA) is 60.2 Å². The average molecular weight is 299 g/mol. The van der Waals surface area contributed by atoms with Gasteiger partial charge in [0.2, 0.25) is 0 Å². The largest absolute Gasteiger partial charge is 0.327 e. The Labute approximate surface area is 119 Å². The fourth-order valence-corrected chi connectivity index (χ4v) is 4.44. The van der Waals surface area contributed by atoms with Crippen LogP contribution in [0.3, 0.4) is 0 Å². The Morgan fingerprint density at radius 2 is 1.84 bits per heavy atom. The zero-order valence-electron chi connectivity index (χ0n) is 11.4. The molecule has 0 aliphatic heterocycles. The Morgan fingerprint density at radius 1 is 1.21 bits per heavy atom. The lowest BCUT2D eigenvalue weighted by Crippen LogP contribution is -2.37. The zero-order chi connectivity index (χ0) is 14.0. The molecular weight excluding hydrogens is 278 g/mol. The van der Waals surface area contributed by atoms with Crippen LogP contribution in [0.25, 0.3) is 0 Å². The van der Waals surface area contributed by atoms with Crippen LogP contribution in [0.15, 0.2) is 34.1 Å². The monoisotopic (exact) mass is 299 g/mol. The molecule has 2 N–H and O–H groups in total. The first kappa shape index (κ1) is 14.9. The molecule has 0 amide bonds. The van der Waals surface area contributed by atoms with Crippen molar-refractivity contribution in [3.05, 3.63) is 24.3 Å². The summed E-state index contributed by atoms with van der Waals surface area (Å²) in [5.74, 6) is 0.729. The molecule has 5 heteroatoms. The number of benzene rings is 1. The molecule has 3 nitrogen and oxygen atoms in total. The summed E-state index contributed by atoms with van der Waals surface area (Å²) in [6.45, 7) is 2.27. The van der Waals surface area contributed by atoms with Gasteiger partial charge in [-0.1, -0.05) is 6.92 Å². The van der Waals surface area contributed by atoms with Gasteiger partial charge in [-0.25, -0.2) is 8.42 Å². The van der Waals surface area contributed by atoms with Crippen molar-refractivity contribution in [2.24, 2.45) is 11.7 Å². The summed E-state index contributed by atoms with van der Waals surface area (Å²) < 4.78 is 22.8. The third-order valence-corrected chi connectivity index (χ3v) is 6.16. The van der Waals surface area contributed by atoms with Gasteiger partial charge in [0, 0.05) is 22.4 Å². The van der Waals surface area contributed by atoms with Crippen molar-refractivity contribution in [3.8, 4) is 0 Å². The molecule has 1 aliphatic rings. The van der Waals surface area contributed by atoms with Crippen LogP contribution in [0.4, 0.5) is 0 Å². The van der Waals surface area contributed by atoms with E-state index in [1.54, 1.807) is 23.9 Å². The van der Waals surface area contributed by atoms with Crippen LogP contribution >= 0.6 is 11.8 Å². The molecule has 0 spiro atoms. The number of rotatable bonds is 3. The predicted molar refractivity (Wildman–Crippen MR) is 80.2 cm³/mol. The average Bonchev–Trinajstić information content (AvgIpc) is 2.33. The minimum Gasteiger partial charge on any atom is -0.327 e. The molecular formula is C14H21NO2S2. The fraction of sp³-hybridized carbons (Fsp3) is 0.571. The molecule has 0 heterocycles. The Morgan fingerprint density at radius 3 is 2.42 bits per heavy atom. The first-order valence-corrected chi connectivity index (χ1v) is 9.35. The van der Waals surface area contributed by atoms with Crippen molar-refractivity contribution in [1.29, 1.82) is 0 Å². The number of nitrogens with two attached hydrogens (primary N) is 1. The minimum absolute atomic E-state index is 0.246. The van der Waals surface area contributed by atoms with Crippen molar-refractivity contribution in [1.82, 2.24) is 0 Å². The van der Waals surface area contributed by atoms with Gasteiger partial charge in [0.05, 0.1) is 4.90 Å². The smallest absolute Gasteiger partial charge is 0.175 e. The van der Waals surface area contributed by atoms with Gasteiger partial charge in [-0.2, -0.15) is 0 Å². The summed E-state index contributed by atoms with van der Waals surface area (Å²) in [6.07, 6.45) is 4.67. The Kier molecular flexibility index (Phi) is 4.58. The number of hydrogen-bond donors (Lipinski definition) is 1. The second kappa shape index (κ2) is 5.85. The molecule has 2 rings (SSSR count). The molecule has 1 fully saturated rings. The first-order valence-electron chi connectivity index (χ1n) is 6.58. The third-order valence-electron chi connectivity index (χ3n) is 3.64. The third kappa shape index (κ3) is 3.97. The van der Waals surface area contributed by atoms with Gasteiger partial charge in [-0.05, 0) is 49.4 Å². The normalized spacial score (nSPS) is 28.3. The van der Waals surface area contributed by atoms with Gasteiger partial charge in [0.1, 0.15) is 0 Å². The van der Waals surface area contributed by atoms with Crippen molar-refractivity contribution in [2.75, 3.05) is 6.26 Å². The fourth-order valence-electron chi connectivity index (χ4n) is 2.43. The van der Waals surface area contributed by atoms with Crippen molar-refractivity contribution < 1.29 is 8.42 Å². The Balaban J connectivity index is 2.07. The van der Waals surface area contributed by atoms with Gasteiger partial charge in [-0.15, -0.1) is 11.8 Å². The number of sulfone groups is 1. The van der Waals surface area contributed by atoms with E-state index in [0.717, 1.165) is 23.7 Å². The highest BCUT2D eigenvalue weighted by atomic mass is 32.2. The lowest BCUT2D eigenvalue weighted by molar-refractivity contribution is 0.357. The quantitative estimate of drug-likeness (QED) is 0.932. The van der Waals surface area contributed by atoms with E-state index in [0.29, 0.717) is 10.1 Å². The summed E-state index contributed by atoms with van der Waals surface area (Å²) in [6, 6.07) is 7.36. The zero-order valence-corrected chi connectivity index (χ0v) is 13.0. The Bertz CT molecular complexity index is 525. The molecule has 1 aliphatic carbocycles. The van der Waals surface area contributed by atoms with E-state index < -0.39 is 9.84 Å². The molecule has 0 aromatic heterocycles. The van der Waals surface area contributed by atoms with E-state index in [9.17, 15) is 8.42 Å². The van der Waals surface area contributed by atoms with Gasteiger partial charge < -0.3 is 5.73 Å². The summed E-state index contributed by atoms with van der Waals surface area (Å²) in [5.41, 5.74) is 6.17. The molecule has 1 saturated carbocycles. The highest BCUT2D eigenvalue weighted by Crippen LogP contribution is 2.35. The van der Waals surface area contributed by atoms with Crippen LogP contribution in [-0.4, -0.2) is 26.0 Å². The Hall–Kier alpha value is -0.520. The molecule has 3 unspecified atom stereocenters. The van der Waals surface area contributed by atoms with Crippen molar-refractivity contribution in [3.63, 3.8) is 0 Å². The summed E-state index contributed by atoms with van der Waals surface area (Å²) in [7, 11) is -3.11. The van der Waals surface area contributed by atoms with Crippen LogP contribution in [0.5, 0.6) is 0 Å². The molecule has 3 atom stereocenters. The molecule has 106 valence electrons. The van der Waals surface area contributed by atoms with Crippen LogP contribution in [0, 0.1) is 5.92 Å². The SMILES string of the molecule is CC1CCC(N)C(Sc2ccc(S(C)(=O)=O)cc2)C1. The van der Waals surface area contributed by atoms with E-state index in [2.05, 4.69) is 6.92 Å². The highest BCUT2D eigenvalue weighted by molar-refractivity contribution is 8.00. The molecule has 1 aromatic carbocycles. The van der Waals surface area contributed by atoms with E-state index in [1.807, 2.05) is 12.1 Å². The first-order chi connectivity index (χ1) is 8.86.